The zero-order chi connectivity index (χ0) is 20.5. The van der Waals surface area contributed by atoms with Gasteiger partial charge in [-0.1, -0.05) is 18.2 Å². The number of carbonyl (C=O) groups is 2. The Labute approximate surface area is 162 Å². The topological polar surface area (TPSA) is 106 Å². The highest BCUT2D eigenvalue weighted by Crippen LogP contribution is 2.27. The SMILES string of the molecule is COc1cc(/C=N\NC(=O)COc2c(C)cccc2C)ccc1OCC(=O)O. The average molecular weight is 386 g/mol. The summed E-state index contributed by atoms with van der Waals surface area (Å²) in [6, 6.07) is 10.6. The molecular formula is C20H22N2O6. The minimum Gasteiger partial charge on any atom is -0.493 e. The first-order chi connectivity index (χ1) is 13.4. The van der Waals surface area contributed by atoms with Gasteiger partial charge in [0.1, 0.15) is 5.75 Å². The number of nitrogens with one attached hydrogen (secondary N) is 1. The van der Waals surface area contributed by atoms with Crippen molar-refractivity contribution in [1.29, 1.82) is 0 Å². The molecule has 0 aliphatic heterocycles. The number of ether oxygens (including phenoxy) is 3. The minimum absolute atomic E-state index is 0.158. The van der Waals surface area contributed by atoms with Gasteiger partial charge in [-0.15, -0.1) is 0 Å². The van der Waals surface area contributed by atoms with Crippen molar-refractivity contribution in [2.45, 2.75) is 13.8 Å². The highest BCUT2D eigenvalue weighted by molar-refractivity contribution is 5.83. The van der Waals surface area contributed by atoms with Gasteiger partial charge in [0.25, 0.3) is 5.91 Å². The predicted molar refractivity (Wildman–Crippen MR) is 103 cm³/mol. The summed E-state index contributed by atoms with van der Waals surface area (Å²) in [5.41, 5.74) is 4.93. The van der Waals surface area contributed by atoms with Gasteiger partial charge < -0.3 is 19.3 Å². The number of hydrogen-bond donors (Lipinski definition) is 2. The second kappa shape index (κ2) is 9.96. The number of hydrogen-bond acceptors (Lipinski definition) is 6. The summed E-state index contributed by atoms with van der Waals surface area (Å²) in [6.45, 7) is 3.19. The molecule has 0 aromatic heterocycles. The molecule has 0 atom stereocenters. The Morgan fingerprint density at radius 1 is 1.07 bits per heavy atom. The number of para-hydroxylation sites is 1. The van der Waals surface area contributed by atoms with E-state index in [0.29, 0.717) is 22.8 Å². The van der Waals surface area contributed by atoms with Crippen LogP contribution in [0.3, 0.4) is 0 Å². The van der Waals surface area contributed by atoms with Gasteiger partial charge in [0.05, 0.1) is 13.3 Å². The maximum atomic E-state index is 11.9. The summed E-state index contributed by atoms with van der Waals surface area (Å²) in [7, 11) is 1.44. The number of methoxy groups -OCH3 is 1. The van der Waals surface area contributed by atoms with Crippen LogP contribution in [-0.4, -0.2) is 43.5 Å². The molecular weight excluding hydrogens is 364 g/mol. The molecule has 0 fully saturated rings. The molecule has 0 saturated heterocycles. The Balaban J connectivity index is 1.91. The Hall–Kier alpha value is -3.55. The standard InChI is InChI=1S/C20H22N2O6/c1-13-5-4-6-14(2)20(13)28-11-18(23)22-21-10-15-7-8-16(17(9-15)26-3)27-12-19(24)25/h4-10H,11-12H2,1-3H3,(H,22,23)(H,24,25)/b21-10-. The van der Waals surface area contributed by atoms with Crippen LogP contribution in [0.25, 0.3) is 0 Å². The summed E-state index contributed by atoms with van der Waals surface area (Å²) < 4.78 is 15.9. The first kappa shape index (κ1) is 20.8. The molecule has 0 radical (unpaired) electrons. The van der Waals surface area contributed by atoms with E-state index in [0.717, 1.165) is 11.1 Å². The van der Waals surface area contributed by atoms with Crippen LogP contribution < -0.4 is 19.6 Å². The molecule has 0 bridgehead atoms. The molecule has 0 aliphatic rings. The maximum Gasteiger partial charge on any atom is 0.341 e. The number of carboxylic acid groups (broad SMARTS) is 1. The second-order valence-corrected chi connectivity index (χ2v) is 5.90. The lowest BCUT2D eigenvalue weighted by molar-refractivity contribution is -0.139. The van der Waals surface area contributed by atoms with Crippen molar-refractivity contribution in [1.82, 2.24) is 5.43 Å². The van der Waals surface area contributed by atoms with Crippen molar-refractivity contribution >= 4 is 18.1 Å². The van der Waals surface area contributed by atoms with E-state index in [1.165, 1.54) is 13.3 Å². The number of carbonyl (C=O) groups excluding carboxylic acids is 1. The summed E-state index contributed by atoms with van der Waals surface area (Å²) in [5.74, 6) is -0.142. The van der Waals surface area contributed by atoms with Crippen molar-refractivity contribution < 1.29 is 28.9 Å². The fraction of sp³-hybridized carbons (Fsp3) is 0.250. The van der Waals surface area contributed by atoms with Crippen LogP contribution in [-0.2, 0) is 9.59 Å². The third kappa shape index (κ3) is 6.01. The third-order valence-corrected chi connectivity index (χ3v) is 3.70. The third-order valence-electron chi connectivity index (χ3n) is 3.70. The smallest absolute Gasteiger partial charge is 0.341 e. The quantitative estimate of drug-likeness (QED) is 0.506. The molecule has 2 rings (SSSR count). The van der Waals surface area contributed by atoms with Crippen LogP contribution in [0, 0.1) is 13.8 Å². The highest BCUT2D eigenvalue weighted by Gasteiger charge is 2.08. The van der Waals surface area contributed by atoms with Crippen LogP contribution in [0.2, 0.25) is 0 Å². The van der Waals surface area contributed by atoms with Crippen LogP contribution >= 0.6 is 0 Å². The largest absolute Gasteiger partial charge is 0.493 e. The minimum atomic E-state index is -1.08. The lowest BCUT2D eigenvalue weighted by Gasteiger charge is -2.11. The number of rotatable bonds is 9. The number of benzene rings is 2. The monoisotopic (exact) mass is 386 g/mol. The van der Waals surface area contributed by atoms with Crippen molar-refractivity contribution in [3.05, 3.63) is 53.1 Å². The Bertz CT molecular complexity index is 859. The average Bonchev–Trinajstić information content (AvgIpc) is 2.66. The molecule has 148 valence electrons. The van der Waals surface area contributed by atoms with E-state index >= 15 is 0 Å². The van der Waals surface area contributed by atoms with Crippen LogP contribution in [0.5, 0.6) is 17.2 Å². The van der Waals surface area contributed by atoms with Crippen molar-refractivity contribution in [3.8, 4) is 17.2 Å². The lowest BCUT2D eigenvalue weighted by atomic mass is 10.1. The fourth-order valence-electron chi connectivity index (χ4n) is 2.40. The molecule has 2 aromatic carbocycles. The number of nitrogens with zero attached hydrogens (tertiary/aromatic N) is 1. The molecule has 0 aliphatic carbocycles. The van der Waals surface area contributed by atoms with E-state index in [1.54, 1.807) is 18.2 Å². The van der Waals surface area contributed by atoms with Gasteiger partial charge in [-0.3, -0.25) is 4.79 Å². The van der Waals surface area contributed by atoms with Gasteiger partial charge in [0.2, 0.25) is 0 Å². The molecule has 1 amide bonds. The van der Waals surface area contributed by atoms with Gasteiger partial charge in [-0.05, 0) is 48.7 Å². The van der Waals surface area contributed by atoms with Crippen LogP contribution in [0.4, 0.5) is 0 Å². The van der Waals surface area contributed by atoms with E-state index in [1.807, 2.05) is 32.0 Å². The molecule has 8 nitrogen and oxygen atoms in total. The lowest BCUT2D eigenvalue weighted by Crippen LogP contribution is -2.25. The molecule has 0 saturated carbocycles. The van der Waals surface area contributed by atoms with Crippen LogP contribution in [0.15, 0.2) is 41.5 Å². The van der Waals surface area contributed by atoms with E-state index in [4.69, 9.17) is 19.3 Å². The molecule has 0 heterocycles. The summed E-state index contributed by atoms with van der Waals surface area (Å²) in [5, 5.41) is 12.6. The zero-order valence-corrected chi connectivity index (χ0v) is 15.9. The first-order valence-electron chi connectivity index (χ1n) is 8.44. The highest BCUT2D eigenvalue weighted by atomic mass is 16.5. The van der Waals surface area contributed by atoms with Crippen LogP contribution in [0.1, 0.15) is 16.7 Å². The predicted octanol–water partition coefficient (Wildman–Crippen LogP) is 2.30. The fourth-order valence-corrected chi connectivity index (χ4v) is 2.40. The molecule has 8 heteroatoms. The second-order valence-electron chi connectivity index (χ2n) is 5.90. The first-order valence-corrected chi connectivity index (χ1v) is 8.44. The van der Waals surface area contributed by atoms with Crippen molar-refractivity contribution in [2.75, 3.05) is 20.3 Å². The Morgan fingerprint density at radius 3 is 2.43 bits per heavy atom. The molecule has 2 aromatic rings. The summed E-state index contributed by atoms with van der Waals surface area (Å²) >= 11 is 0. The van der Waals surface area contributed by atoms with Gasteiger partial charge in [0, 0.05) is 0 Å². The van der Waals surface area contributed by atoms with E-state index in [2.05, 4.69) is 10.5 Å². The van der Waals surface area contributed by atoms with E-state index in [9.17, 15) is 9.59 Å². The number of amides is 1. The molecule has 0 unspecified atom stereocenters. The molecule has 2 N–H and O–H groups in total. The summed E-state index contributed by atoms with van der Waals surface area (Å²) in [4.78, 5) is 22.5. The van der Waals surface area contributed by atoms with Crippen molar-refractivity contribution in [3.63, 3.8) is 0 Å². The van der Waals surface area contributed by atoms with Gasteiger partial charge >= 0.3 is 5.97 Å². The maximum absolute atomic E-state index is 11.9. The van der Waals surface area contributed by atoms with Gasteiger partial charge in [0.15, 0.2) is 24.7 Å². The van der Waals surface area contributed by atoms with Crippen molar-refractivity contribution in [2.24, 2.45) is 5.10 Å². The van der Waals surface area contributed by atoms with E-state index in [-0.39, 0.29) is 6.61 Å². The van der Waals surface area contributed by atoms with Gasteiger partial charge in [-0.25, -0.2) is 10.2 Å². The van der Waals surface area contributed by atoms with E-state index < -0.39 is 18.5 Å². The molecule has 28 heavy (non-hydrogen) atoms. The molecule has 0 spiro atoms. The number of hydrazone groups is 1. The number of aryl methyl sites for hydroxylation is 2. The Morgan fingerprint density at radius 2 is 1.79 bits per heavy atom. The summed E-state index contributed by atoms with van der Waals surface area (Å²) in [6.07, 6.45) is 1.43. The Kier molecular flexibility index (Phi) is 7.38. The number of carboxylic acids is 1. The normalized spacial score (nSPS) is 10.5. The van der Waals surface area contributed by atoms with Gasteiger partial charge in [-0.2, -0.15) is 5.10 Å². The zero-order valence-electron chi connectivity index (χ0n) is 15.9. The number of aliphatic carboxylic acids is 1.